The number of piperazine rings is 1. The van der Waals surface area contributed by atoms with Gasteiger partial charge >= 0.3 is 0 Å². The Labute approximate surface area is 146 Å². The van der Waals surface area contributed by atoms with Crippen LogP contribution in [0, 0.1) is 0 Å². The summed E-state index contributed by atoms with van der Waals surface area (Å²) < 4.78 is 5.32. The Balaban J connectivity index is 1.54. The molecule has 0 bridgehead atoms. The molecule has 0 saturated carbocycles. The minimum absolute atomic E-state index is 0.346. The summed E-state index contributed by atoms with van der Waals surface area (Å²) in [6, 6.07) is 7.81. The molecule has 2 aromatic rings. The van der Waals surface area contributed by atoms with Crippen molar-refractivity contribution in [3.8, 4) is 0 Å². The van der Waals surface area contributed by atoms with E-state index in [0.717, 1.165) is 32.1 Å². The van der Waals surface area contributed by atoms with Crippen molar-refractivity contribution in [2.45, 2.75) is 12.5 Å². The monoisotopic (exact) mass is 348 g/mol. The molecule has 0 spiro atoms. The third-order valence-electron chi connectivity index (χ3n) is 4.25. The highest BCUT2D eigenvalue weighted by molar-refractivity contribution is 7.14. The van der Waals surface area contributed by atoms with Crippen LogP contribution in [0.1, 0.15) is 12.7 Å². The number of guanidine groups is 1. The van der Waals surface area contributed by atoms with Crippen LogP contribution in [0.2, 0.25) is 0 Å². The van der Waals surface area contributed by atoms with Crippen LogP contribution in [0.15, 0.2) is 45.3 Å². The lowest BCUT2D eigenvalue weighted by Gasteiger charge is -2.37. The maximum atomic E-state index is 10.5. The van der Waals surface area contributed by atoms with Gasteiger partial charge in [-0.05, 0) is 36.6 Å². The van der Waals surface area contributed by atoms with Crippen LogP contribution in [0.3, 0.4) is 0 Å². The molecule has 1 fully saturated rings. The van der Waals surface area contributed by atoms with Gasteiger partial charge in [0, 0.05) is 33.2 Å². The quantitative estimate of drug-likeness (QED) is 0.653. The van der Waals surface area contributed by atoms with E-state index in [0.29, 0.717) is 12.3 Å². The van der Waals surface area contributed by atoms with Gasteiger partial charge in [0.05, 0.1) is 17.8 Å². The summed E-state index contributed by atoms with van der Waals surface area (Å²) in [5, 5.41) is 17.2. The van der Waals surface area contributed by atoms with Crippen molar-refractivity contribution < 1.29 is 9.52 Å². The number of rotatable bonds is 4. The Morgan fingerprint density at radius 3 is 2.71 bits per heavy atom. The molecular formula is C17H24N4O2S. The molecule has 1 saturated heterocycles. The minimum atomic E-state index is -1.07. The summed E-state index contributed by atoms with van der Waals surface area (Å²) >= 11 is 1.77. The molecule has 3 rings (SSSR count). The van der Waals surface area contributed by atoms with Crippen LogP contribution in [0.5, 0.6) is 0 Å². The van der Waals surface area contributed by atoms with Gasteiger partial charge in [-0.3, -0.25) is 4.99 Å². The molecule has 0 aromatic carbocycles. The second kappa shape index (κ2) is 7.27. The number of nitrogens with zero attached hydrogens (tertiary/aromatic N) is 3. The summed E-state index contributed by atoms with van der Waals surface area (Å²) in [5.74, 6) is 1.36. The fraction of sp³-hybridized carbons (Fsp3) is 0.471. The van der Waals surface area contributed by atoms with Crippen molar-refractivity contribution in [2.75, 3.05) is 44.7 Å². The number of furan rings is 1. The first kappa shape index (κ1) is 16.9. The highest BCUT2D eigenvalue weighted by Gasteiger charge is 2.28. The van der Waals surface area contributed by atoms with E-state index >= 15 is 0 Å². The fourth-order valence-electron chi connectivity index (χ4n) is 2.84. The first-order chi connectivity index (χ1) is 11.6. The predicted molar refractivity (Wildman–Crippen MR) is 97.7 cm³/mol. The Morgan fingerprint density at radius 2 is 2.12 bits per heavy atom. The number of hydrogen-bond acceptors (Lipinski definition) is 5. The molecule has 3 heterocycles. The van der Waals surface area contributed by atoms with Gasteiger partial charge in [-0.1, -0.05) is 0 Å². The zero-order valence-electron chi connectivity index (χ0n) is 14.1. The molecule has 2 aromatic heterocycles. The van der Waals surface area contributed by atoms with Crippen molar-refractivity contribution in [1.29, 1.82) is 0 Å². The summed E-state index contributed by atoms with van der Waals surface area (Å²) in [5.41, 5.74) is -1.07. The molecule has 1 atom stereocenters. The van der Waals surface area contributed by atoms with Gasteiger partial charge in [0.2, 0.25) is 0 Å². The molecule has 1 unspecified atom stereocenters. The van der Waals surface area contributed by atoms with Crippen molar-refractivity contribution in [2.24, 2.45) is 4.99 Å². The maximum absolute atomic E-state index is 10.5. The van der Waals surface area contributed by atoms with Gasteiger partial charge < -0.3 is 24.6 Å². The second-order valence-corrected chi connectivity index (χ2v) is 7.00. The molecule has 1 aliphatic rings. The Morgan fingerprint density at radius 1 is 1.33 bits per heavy atom. The van der Waals surface area contributed by atoms with Crippen LogP contribution in [0.25, 0.3) is 0 Å². The van der Waals surface area contributed by atoms with E-state index in [1.54, 1.807) is 43.7 Å². The minimum Gasteiger partial charge on any atom is -0.466 e. The van der Waals surface area contributed by atoms with Crippen molar-refractivity contribution >= 4 is 22.3 Å². The highest BCUT2D eigenvalue weighted by Crippen LogP contribution is 2.23. The zero-order valence-corrected chi connectivity index (χ0v) is 14.9. The van der Waals surface area contributed by atoms with Gasteiger partial charge in [-0.15, -0.1) is 11.3 Å². The number of aliphatic hydroxyl groups is 1. The highest BCUT2D eigenvalue weighted by atomic mass is 32.1. The van der Waals surface area contributed by atoms with Crippen LogP contribution >= 0.6 is 11.3 Å². The number of anilines is 1. The summed E-state index contributed by atoms with van der Waals surface area (Å²) in [6.45, 7) is 5.83. The van der Waals surface area contributed by atoms with Crippen molar-refractivity contribution in [3.05, 3.63) is 41.7 Å². The molecule has 0 radical (unpaired) electrons. The van der Waals surface area contributed by atoms with E-state index in [4.69, 9.17) is 4.42 Å². The summed E-state index contributed by atoms with van der Waals surface area (Å²) in [6.07, 6.45) is 1.57. The number of aliphatic imine (C=N–C) groups is 1. The number of thiophene rings is 1. The molecular weight excluding hydrogens is 324 g/mol. The van der Waals surface area contributed by atoms with Crippen LogP contribution in [-0.4, -0.2) is 55.7 Å². The molecule has 7 heteroatoms. The summed E-state index contributed by atoms with van der Waals surface area (Å²) in [4.78, 5) is 8.98. The lowest BCUT2D eigenvalue weighted by Crippen LogP contribution is -2.54. The SMILES string of the molecule is CN=C(NCC(C)(O)c1ccco1)N1CCN(c2cccs2)CC1. The van der Waals surface area contributed by atoms with E-state index in [2.05, 4.69) is 37.6 Å². The van der Waals surface area contributed by atoms with Crippen LogP contribution in [0.4, 0.5) is 5.00 Å². The van der Waals surface area contributed by atoms with E-state index in [1.807, 2.05) is 0 Å². The normalized spacial score (nSPS) is 18.5. The predicted octanol–water partition coefficient (Wildman–Crippen LogP) is 1.95. The third kappa shape index (κ3) is 3.73. The molecule has 130 valence electrons. The Bertz CT molecular complexity index is 644. The lowest BCUT2D eigenvalue weighted by molar-refractivity contribution is 0.0379. The molecule has 0 aliphatic carbocycles. The topological polar surface area (TPSA) is 64.2 Å². The Hall–Kier alpha value is -1.99. The first-order valence-corrected chi connectivity index (χ1v) is 8.98. The van der Waals surface area contributed by atoms with Gasteiger partial charge in [-0.25, -0.2) is 0 Å². The van der Waals surface area contributed by atoms with Crippen molar-refractivity contribution in [3.63, 3.8) is 0 Å². The summed E-state index contributed by atoms with van der Waals surface area (Å²) in [7, 11) is 1.77. The average Bonchev–Trinajstić information content (AvgIpc) is 3.30. The molecule has 2 N–H and O–H groups in total. The van der Waals surface area contributed by atoms with E-state index in [-0.39, 0.29) is 0 Å². The van der Waals surface area contributed by atoms with E-state index < -0.39 is 5.60 Å². The van der Waals surface area contributed by atoms with Gasteiger partial charge in [-0.2, -0.15) is 0 Å². The fourth-order valence-corrected chi connectivity index (χ4v) is 3.63. The molecule has 6 nitrogen and oxygen atoms in total. The van der Waals surface area contributed by atoms with Crippen LogP contribution in [-0.2, 0) is 5.60 Å². The number of hydrogen-bond donors (Lipinski definition) is 2. The second-order valence-electron chi connectivity index (χ2n) is 6.08. The van der Waals surface area contributed by atoms with Crippen molar-refractivity contribution in [1.82, 2.24) is 10.2 Å². The maximum Gasteiger partial charge on any atom is 0.193 e. The average molecular weight is 348 g/mol. The third-order valence-corrected chi connectivity index (χ3v) is 5.18. The van der Waals surface area contributed by atoms with Crippen LogP contribution < -0.4 is 10.2 Å². The van der Waals surface area contributed by atoms with Gasteiger partial charge in [0.15, 0.2) is 5.96 Å². The van der Waals surface area contributed by atoms with Gasteiger partial charge in [0.1, 0.15) is 11.4 Å². The standard InChI is InChI=1S/C17H24N4O2S/c1-17(22,14-5-3-11-23-14)13-19-16(18-2)21-9-7-20(8-10-21)15-6-4-12-24-15/h3-6,11-12,22H,7-10,13H2,1-2H3,(H,18,19). The Kier molecular flexibility index (Phi) is 5.11. The molecule has 0 amide bonds. The number of nitrogens with one attached hydrogen (secondary N) is 1. The molecule has 1 aliphatic heterocycles. The van der Waals surface area contributed by atoms with E-state index in [1.165, 1.54) is 5.00 Å². The molecule has 24 heavy (non-hydrogen) atoms. The first-order valence-electron chi connectivity index (χ1n) is 8.10. The smallest absolute Gasteiger partial charge is 0.193 e. The van der Waals surface area contributed by atoms with Gasteiger partial charge in [0.25, 0.3) is 0 Å². The lowest BCUT2D eigenvalue weighted by atomic mass is 10.0. The van der Waals surface area contributed by atoms with E-state index in [9.17, 15) is 5.11 Å². The zero-order chi connectivity index (χ0) is 17.0. The largest absolute Gasteiger partial charge is 0.466 e.